The topological polar surface area (TPSA) is 38.2 Å². The number of fused-ring (bicyclic) bond motifs is 1. The van der Waals surface area contributed by atoms with Crippen molar-refractivity contribution in [2.24, 2.45) is 0 Å². The number of thiophene rings is 1. The highest BCUT2D eigenvalue weighted by atomic mass is 35.5. The first-order valence-electron chi connectivity index (χ1n) is 6.26. The van der Waals surface area contributed by atoms with Gasteiger partial charge in [0.1, 0.15) is 12.1 Å². The van der Waals surface area contributed by atoms with Crippen LogP contribution in [-0.4, -0.2) is 40.6 Å². The molecule has 1 atom stereocenters. The fraction of sp³-hybridized carbons (Fsp3) is 0.538. The van der Waals surface area contributed by atoms with Crippen LogP contribution in [0.15, 0.2) is 17.8 Å². The predicted octanol–water partition coefficient (Wildman–Crippen LogP) is 2.91. The van der Waals surface area contributed by atoms with Gasteiger partial charge in [-0.05, 0) is 25.3 Å². The molecule has 3 rings (SSSR count). The molecule has 1 aliphatic rings. The number of halogens is 1. The van der Waals surface area contributed by atoms with Crippen LogP contribution in [0.25, 0.3) is 10.2 Å². The van der Waals surface area contributed by atoms with E-state index in [1.807, 2.05) is 11.4 Å². The molecular weight excluding hydrogens is 282 g/mol. The second-order valence-corrected chi connectivity index (χ2v) is 6.59. The Bertz CT molecular complexity index is 586. The first-order valence-corrected chi connectivity index (χ1v) is 7.67. The molecule has 1 saturated heterocycles. The maximum atomic E-state index is 5.98. The van der Waals surface area contributed by atoms with Gasteiger partial charge in [-0.25, -0.2) is 9.97 Å². The minimum absolute atomic E-state index is 0.0374. The Kier molecular flexibility index (Phi) is 3.37. The lowest BCUT2D eigenvalue weighted by atomic mass is 10.1. The van der Waals surface area contributed by atoms with Gasteiger partial charge in [0.25, 0.3) is 0 Å². The van der Waals surface area contributed by atoms with Gasteiger partial charge in [0.2, 0.25) is 0 Å². The van der Waals surface area contributed by atoms with E-state index in [-0.39, 0.29) is 11.7 Å². The lowest BCUT2D eigenvalue weighted by Gasteiger charge is -2.42. The van der Waals surface area contributed by atoms with E-state index >= 15 is 0 Å². The molecule has 0 aliphatic carbocycles. The zero-order valence-electron chi connectivity index (χ0n) is 11.0. The fourth-order valence-corrected chi connectivity index (χ4v) is 3.56. The van der Waals surface area contributed by atoms with Crippen LogP contribution in [0.4, 0.5) is 5.82 Å². The van der Waals surface area contributed by atoms with E-state index in [1.54, 1.807) is 17.7 Å². The Labute approximate surface area is 121 Å². The lowest BCUT2D eigenvalue weighted by Crippen LogP contribution is -2.53. The molecule has 0 N–H and O–H groups in total. The van der Waals surface area contributed by atoms with Crippen molar-refractivity contribution in [1.29, 1.82) is 0 Å². The second-order valence-electron chi connectivity index (χ2n) is 5.37. The molecule has 0 aromatic carbocycles. The number of alkyl halides is 1. The van der Waals surface area contributed by atoms with Gasteiger partial charge in [-0.3, -0.25) is 0 Å². The fourth-order valence-electron chi connectivity index (χ4n) is 2.54. The normalized spacial score (nSPS) is 22.9. The standard InChI is InChI=1S/C13H16ClN3OS/c1-13(2)7-17(6-9(5-14)18-13)12-11-10(3-4-19-11)15-8-16-12/h3-4,8-9H,5-7H2,1-2H3. The Hall–Kier alpha value is -0.910. The molecule has 6 heteroatoms. The largest absolute Gasteiger partial charge is 0.367 e. The molecule has 0 spiro atoms. The van der Waals surface area contributed by atoms with Gasteiger partial charge >= 0.3 is 0 Å². The molecule has 2 aromatic heterocycles. The first kappa shape index (κ1) is 13.1. The molecule has 0 amide bonds. The first-order chi connectivity index (χ1) is 9.09. The molecule has 0 bridgehead atoms. The van der Waals surface area contributed by atoms with Crippen LogP contribution in [0, 0.1) is 0 Å². The van der Waals surface area contributed by atoms with Crippen LogP contribution in [-0.2, 0) is 4.74 Å². The summed E-state index contributed by atoms with van der Waals surface area (Å²) in [4.78, 5) is 11.0. The Morgan fingerprint density at radius 1 is 1.53 bits per heavy atom. The third kappa shape index (κ3) is 2.55. The monoisotopic (exact) mass is 297 g/mol. The molecule has 1 aliphatic heterocycles. The van der Waals surface area contributed by atoms with Gasteiger partial charge in [-0.2, -0.15) is 0 Å². The van der Waals surface area contributed by atoms with Crippen molar-refractivity contribution in [1.82, 2.24) is 9.97 Å². The van der Waals surface area contributed by atoms with Crippen molar-refractivity contribution in [3.8, 4) is 0 Å². The van der Waals surface area contributed by atoms with Gasteiger partial charge in [-0.15, -0.1) is 22.9 Å². The lowest BCUT2D eigenvalue weighted by molar-refractivity contribution is -0.0735. The SMILES string of the molecule is CC1(C)CN(c2ncnc3ccsc23)CC(CCl)O1. The van der Waals surface area contributed by atoms with Crippen LogP contribution < -0.4 is 4.90 Å². The predicted molar refractivity (Wildman–Crippen MR) is 79.3 cm³/mol. The van der Waals surface area contributed by atoms with Gasteiger partial charge in [-0.1, -0.05) is 0 Å². The summed E-state index contributed by atoms with van der Waals surface area (Å²) in [5.41, 5.74) is 0.786. The van der Waals surface area contributed by atoms with E-state index < -0.39 is 0 Å². The van der Waals surface area contributed by atoms with Crippen molar-refractivity contribution in [3.63, 3.8) is 0 Å². The number of ether oxygens (including phenoxy) is 1. The van der Waals surface area contributed by atoms with Gasteiger partial charge in [0.15, 0.2) is 0 Å². The molecule has 0 saturated carbocycles. The second kappa shape index (κ2) is 4.89. The number of nitrogens with zero attached hydrogens (tertiary/aromatic N) is 3. The van der Waals surface area contributed by atoms with Crippen LogP contribution in [0.2, 0.25) is 0 Å². The zero-order valence-corrected chi connectivity index (χ0v) is 12.5. The number of aromatic nitrogens is 2. The molecule has 0 radical (unpaired) electrons. The summed E-state index contributed by atoms with van der Waals surface area (Å²) in [6.07, 6.45) is 1.66. The van der Waals surface area contributed by atoms with Crippen LogP contribution in [0.5, 0.6) is 0 Å². The molecule has 19 heavy (non-hydrogen) atoms. The third-order valence-corrected chi connectivity index (χ3v) is 4.42. The quantitative estimate of drug-likeness (QED) is 0.799. The van der Waals surface area contributed by atoms with E-state index in [9.17, 15) is 0 Å². The maximum Gasteiger partial charge on any atom is 0.150 e. The molecule has 1 fully saturated rings. The Balaban J connectivity index is 1.98. The van der Waals surface area contributed by atoms with Crippen LogP contribution in [0.3, 0.4) is 0 Å². The smallest absolute Gasteiger partial charge is 0.150 e. The van der Waals surface area contributed by atoms with Crippen molar-refractivity contribution in [3.05, 3.63) is 17.8 Å². The third-order valence-electron chi connectivity index (χ3n) is 3.18. The maximum absolute atomic E-state index is 5.98. The summed E-state index contributed by atoms with van der Waals surface area (Å²) in [7, 11) is 0. The summed E-state index contributed by atoms with van der Waals surface area (Å²) >= 11 is 7.65. The molecule has 2 aromatic rings. The van der Waals surface area contributed by atoms with Crippen molar-refractivity contribution >= 4 is 39.0 Å². The highest BCUT2D eigenvalue weighted by Gasteiger charge is 2.34. The Morgan fingerprint density at radius 2 is 2.37 bits per heavy atom. The van der Waals surface area contributed by atoms with Crippen molar-refractivity contribution in [2.45, 2.75) is 25.6 Å². The highest BCUT2D eigenvalue weighted by molar-refractivity contribution is 7.17. The molecular formula is C13H16ClN3OS. The number of rotatable bonds is 2. The average molecular weight is 298 g/mol. The molecule has 102 valence electrons. The van der Waals surface area contributed by atoms with Gasteiger partial charge in [0.05, 0.1) is 27.8 Å². The number of hydrogen-bond donors (Lipinski definition) is 0. The van der Waals surface area contributed by atoms with E-state index in [0.717, 1.165) is 29.1 Å². The highest BCUT2D eigenvalue weighted by Crippen LogP contribution is 2.32. The number of hydrogen-bond acceptors (Lipinski definition) is 5. The summed E-state index contributed by atoms with van der Waals surface area (Å²) in [5, 5.41) is 2.05. The summed E-state index contributed by atoms with van der Waals surface area (Å²) in [5.74, 6) is 1.49. The van der Waals surface area contributed by atoms with Gasteiger partial charge in [0, 0.05) is 13.1 Å². The molecule has 4 nitrogen and oxygen atoms in total. The zero-order chi connectivity index (χ0) is 13.5. The Morgan fingerprint density at radius 3 is 3.16 bits per heavy atom. The van der Waals surface area contributed by atoms with E-state index in [1.165, 1.54) is 0 Å². The number of anilines is 1. The minimum Gasteiger partial charge on any atom is -0.367 e. The van der Waals surface area contributed by atoms with Crippen molar-refractivity contribution in [2.75, 3.05) is 23.9 Å². The van der Waals surface area contributed by atoms with Crippen LogP contribution >= 0.6 is 22.9 Å². The van der Waals surface area contributed by atoms with Crippen molar-refractivity contribution < 1.29 is 4.74 Å². The molecule has 3 heterocycles. The molecule has 1 unspecified atom stereocenters. The summed E-state index contributed by atoms with van der Waals surface area (Å²) < 4.78 is 7.09. The summed E-state index contributed by atoms with van der Waals surface area (Å²) in [6, 6.07) is 2.02. The van der Waals surface area contributed by atoms with E-state index in [4.69, 9.17) is 16.3 Å². The van der Waals surface area contributed by atoms with Gasteiger partial charge < -0.3 is 9.64 Å². The van der Waals surface area contributed by atoms with E-state index in [2.05, 4.69) is 28.7 Å². The summed E-state index contributed by atoms with van der Waals surface area (Å²) in [6.45, 7) is 5.76. The minimum atomic E-state index is -0.216. The average Bonchev–Trinajstić information content (AvgIpc) is 2.84. The number of morpholine rings is 1. The van der Waals surface area contributed by atoms with Crippen LogP contribution in [0.1, 0.15) is 13.8 Å². The van der Waals surface area contributed by atoms with E-state index in [0.29, 0.717) is 5.88 Å².